The van der Waals surface area contributed by atoms with Crippen LogP contribution in [0.5, 0.6) is 11.6 Å². The number of aromatic nitrogens is 2. The average Bonchev–Trinajstić information content (AvgIpc) is 2.93. The van der Waals surface area contributed by atoms with Crippen LogP contribution in [0.3, 0.4) is 0 Å². The van der Waals surface area contributed by atoms with E-state index in [1.54, 1.807) is 11.3 Å². The molecule has 0 saturated heterocycles. The molecule has 0 saturated carbocycles. The van der Waals surface area contributed by atoms with E-state index in [4.69, 9.17) is 10.5 Å². The van der Waals surface area contributed by atoms with E-state index >= 15 is 0 Å². The molecule has 19 heavy (non-hydrogen) atoms. The normalized spacial score (nSPS) is 11.1. The molecule has 6 heteroatoms. The predicted molar refractivity (Wildman–Crippen MR) is 85.1 cm³/mol. The van der Waals surface area contributed by atoms with E-state index in [0.717, 1.165) is 26.4 Å². The number of imidazole rings is 1. The maximum absolute atomic E-state index is 5.90. The molecular formula is C13H12IN3OS. The second-order valence-electron chi connectivity index (χ2n) is 4.02. The second-order valence-corrected chi connectivity index (χ2v) is 6.14. The number of thiazole rings is 1. The number of ether oxygens (including phenoxy) is 1. The van der Waals surface area contributed by atoms with Crippen LogP contribution in [0.15, 0.2) is 35.8 Å². The summed E-state index contributed by atoms with van der Waals surface area (Å²) in [4.78, 5) is 5.45. The number of hydrogen-bond acceptors (Lipinski definition) is 4. The van der Waals surface area contributed by atoms with Crippen LogP contribution in [0.2, 0.25) is 0 Å². The molecule has 4 nitrogen and oxygen atoms in total. The van der Waals surface area contributed by atoms with Crippen LogP contribution < -0.4 is 10.5 Å². The summed E-state index contributed by atoms with van der Waals surface area (Å²) in [5, 5.41) is 2.01. The summed E-state index contributed by atoms with van der Waals surface area (Å²) < 4.78 is 9.08. The van der Waals surface area contributed by atoms with Gasteiger partial charge in [-0.25, -0.2) is 0 Å². The smallest absolute Gasteiger partial charge is 0.242 e. The lowest BCUT2D eigenvalue weighted by atomic mass is 10.3. The Hall–Kier alpha value is -1.12. The summed E-state index contributed by atoms with van der Waals surface area (Å²) in [7, 11) is 0. The van der Waals surface area contributed by atoms with Crippen molar-refractivity contribution in [2.75, 3.05) is 6.54 Å². The number of nitrogens with zero attached hydrogens (tertiary/aromatic N) is 2. The summed E-state index contributed by atoms with van der Waals surface area (Å²) in [6, 6.07) is 7.92. The van der Waals surface area contributed by atoms with E-state index in [-0.39, 0.29) is 0 Å². The topological polar surface area (TPSA) is 52.5 Å². The Bertz CT molecular complexity index is 707. The maximum atomic E-state index is 5.90. The summed E-state index contributed by atoms with van der Waals surface area (Å²) in [5.74, 6) is 1.45. The van der Waals surface area contributed by atoms with Crippen molar-refractivity contribution in [3.05, 3.63) is 45.1 Å². The third-order valence-corrected chi connectivity index (χ3v) is 4.14. The van der Waals surface area contributed by atoms with Crippen LogP contribution >= 0.6 is 33.9 Å². The molecule has 1 aromatic carbocycles. The molecule has 0 bridgehead atoms. The number of hydrogen-bond donors (Lipinski definition) is 1. The van der Waals surface area contributed by atoms with Gasteiger partial charge in [0.1, 0.15) is 5.75 Å². The lowest BCUT2D eigenvalue weighted by molar-refractivity contribution is 0.459. The van der Waals surface area contributed by atoms with E-state index in [9.17, 15) is 0 Å². The van der Waals surface area contributed by atoms with Crippen molar-refractivity contribution < 1.29 is 4.74 Å². The van der Waals surface area contributed by atoms with Crippen molar-refractivity contribution in [3.63, 3.8) is 0 Å². The standard InChI is InChI=1S/C13H12IN3OS/c14-9-2-1-3-10(8-9)18-12-11(4-5-15)17-6-7-19-13(17)16-12/h1-3,6-8H,4-5,15H2. The molecule has 3 aromatic rings. The molecule has 0 amide bonds. The van der Waals surface area contributed by atoms with Crippen LogP contribution in [0, 0.1) is 3.57 Å². The van der Waals surface area contributed by atoms with Crippen molar-refractivity contribution in [1.82, 2.24) is 9.38 Å². The minimum atomic E-state index is 0.576. The quantitative estimate of drug-likeness (QED) is 0.702. The SMILES string of the molecule is NCCc1c(Oc2cccc(I)c2)nc2sccn12. The third kappa shape index (κ3) is 2.60. The van der Waals surface area contributed by atoms with E-state index < -0.39 is 0 Å². The number of nitrogens with two attached hydrogens (primary N) is 1. The Morgan fingerprint density at radius 3 is 3.11 bits per heavy atom. The third-order valence-electron chi connectivity index (χ3n) is 2.72. The molecule has 0 fully saturated rings. The first-order valence-electron chi connectivity index (χ1n) is 5.86. The molecule has 2 heterocycles. The zero-order chi connectivity index (χ0) is 13.2. The molecule has 0 atom stereocenters. The summed E-state index contributed by atoms with van der Waals surface area (Å²) in [5.41, 5.74) is 6.70. The predicted octanol–water partition coefficient (Wildman–Crippen LogP) is 3.29. The minimum absolute atomic E-state index is 0.576. The highest BCUT2D eigenvalue weighted by atomic mass is 127. The van der Waals surface area contributed by atoms with Gasteiger partial charge in [-0.15, -0.1) is 11.3 Å². The minimum Gasteiger partial charge on any atom is -0.437 e. The molecule has 0 unspecified atom stereocenters. The number of halogens is 1. The fraction of sp³-hybridized carbons (Fsp3) is 0.154. The molecule has 2 N–H and O–H groups in total. The summed E-state index contributed by atoms with van der Waals surface area (Å²) in [6.07, 6.45) is 2.75. The molecule has 0 aliphatic heterocycles. The van der Waals surface area contributed by atoms with Gasteiger partial charge in [0, 0.05) is 21.6 Å². The Kier molecular flexibility index (Phi) is 3.72. The summed E-state index contributed by atoms with van der Waals surface area (Å²) in [6.45, 7) is 0.576. The number of benzene rings is 1. The molecule has 98 valence electrons. The van der Waals surface area contributed by atoms with Crippen molar-refractivity contribution >= 4 is 38.9 Å². The largest absolute Gasteiger partial charge is 0.437 e. The highest BCUT2D eigenvalue weighted by Gasteiger charge is 2.14. The Labute approximate surface area is 128 Å². The van der Waals surface area contributed by atoms with E-state index in [1.807, 2.05) is 40.2 Å². The molecule has 2 aromatic heterocycles. The number of rotatable bonds is 4. The van der Waals surface area contributed by atoms with Crippen LogP contribution in [0.25, 0.3) is 4.96 Å². The molecular weight excluding hydrogens is 373 g/mol. The highest BCUT2D eigenvalue weighted by Crippen LogP contribution is 2.28. The van der Waals surface area contributed by atoms with Crippen molar-refractivity contribution in [3.8, 4) is 11.6 Å². The second kappa shape index (κ2) is 5.48. The molecule has 0 aliphatic rings. The van der Waals surface area contributed by atoms with Gasteiger partial charge in [-0.05, 0) is 47.3 Å². The van der Waals surface area contributed by atoms with Crippen LogP contribution in [-0.4, -0.2) is 15.9 Å². The first kappa shape index (κ1) is 12.9. The van der Waals surface area contributed by atoms with Crippen molar-refractivity contribution in [2.45, 2.75) is 6.42 Å². The molecule has 0 aliphatic carbocycles. The van der Waals surface area contributed by atoms with Gasteiger partial charge in [-0.2, -0.15) is 4.98 Å². The van der Waals surface area contributed by atoms with Gasteiger partial charge in [0.15, 0.2) is 4.96 Å². The van der Waals surface area contributed by atoms with Crippen LogP contribution in [0.4, 0.5) is 0 Å². The zero-order valence-electron chi connectivity index (χ0n) is 10.0. The van der Waals surface area contributed by atoms with Crippen molar-refractivity contribution in [1.29, 1.82) is 0 Å². The monoisotopic (exact) mass is 385 g/mol. The van der Waals surface area contributed by atoms with Gasteiger partial charge in [0.05, 0.1) is 5.69 Å². The highest BCUT2D eigenvalue weighted by molar-refractivity contribution is 14.1. The van der Waals surface area contributed by atoms with Gasteiger partial charge >= 0.3 is 0 Å². The Balaban J connectivity index is 1.99. The van der Waals surface area contributed by atoms with Gasteiger partial charge in [0.25, 0.3) is 0 Å². The van der Waals surface area contributed by atoms with Gasteiger partial charge in [0.2, 0.25) is 5.88 Å². The fourth-order valence-corrected chi connectivity index (χ4v) is 3.14. The first-order chi connectivity index (χ1) is 9.28. The number of fused-ring (bicyclic) bond motifs is 1. The summed E-state index contributed by atoms with van der Waals surface area (Å²) >= 11 is 3.85. The lowest BCUT2D eigenvalue weighted by Crippen LogP contribution is -2.05. The fourth-order valence-electron chi connectivity index (χ4n) is 1.90. The van der Waals surface area contributed by atoms with Gasteiger partial charge in [-0.1, -0.05) is 6.07 Å². The zero-order valence-corrected chi connectivity index (χ0v) is 13.0. The first-order valence-corrected chi connectivity index (χ1v) is 7.81. The van der Waals surface area contributed by atoms with E-state index in [2.05, 4.69) is 27.6 Å². The van der Waals surface area contributed by atoms with Gasteiger partial charge < -0.3 is 10.5 Å². The van der Waals surface area contributed by atoms with Crippen LogP contribution in [0.1, 0.15) is 5.69 Å². The average molecular weight is 385 g/mol. The van der Waals surface area contributed by atoms with Crippen LogP contribution in [-0.2, 0) is 6.42 Å². The van der Waals surface area contributed by atoms with E-state index in [1.165, 1.54) is 0 Å². The van der Waals surface area contributed by atoms with Crippen molar-refractivity contribution in [2.24, 2.45) is 5.73 Å². The maximum Gasteiger partial charge on any atom is 0.242 e. The van der Waals surface area contributed by atoms with E-state index in [0.29, 0.717) is 12.4 Å². The molecule has 0 spiro atoms. The molecule has 0 radical (unpaired) electrons. The molecule has 3 rings (SSSR count). The van der Waals surface area contributed by atoms with Gasteiger partial charge in [-0.3, -0.25) is 4.40 Å². The Morgan fingerprint density at radius 2 is 2.32 bits per heavy atom. The lowest BCUT2D eigenvalue weighted by Gasteiger charge is -2.05. The Morgan fingerprint density at radius 1 is 1.42 bits per heavy atom.